The number of rotatable bonds is 7. The molecule has 2 N–H and O–H groups in total. The minimum absolute atomic E-state index is 0.102. The first-order chi connectivity index (χ1) is 8.46. The fourth-order valence-electron chi connectivity index (χ4n) is 1.20. The summed E-state index contributed by atoms with van der Waals surface area (Å²) < 4.78 is 5.24. The van der Waals surface area contributed by atoms with Gasteiger partial charge < -0.3 is 15.2 Å². The van der Waals surface area contributed by atoms with E-state index in [1.807, 2.05) is 20.8 Å². The van der Waals surface area contributed by atoms with Gasteiger partial charge in [-0.25, -0.2) is 9.97 Å². The van der Waals surface area contributed by atoms with Crippen LogP contribution in [-0.4, -0.2) is 34.8 Å². The monoisotopic (exact) mass is 273 g/mol. The molecule has 1 aromatic heterocycles. The van der Waals surface area contributed by atoms with E-state index in [0.29, 0.717) is 36.6 Å². The Morgan fingerprint density at radius 1 is 1.44 bits per heavy atom. The summed E-state index contributed by atoms with van der Waals surface area (Å²) in [5, 5.41) is 12.7. The minimum Gasteiger partial charge on any atom is -0.396 e. The molecule has 0 atom stereocenters. The number of nitrogens with one attached hydrogen (secondary N) is 1. The Hall–Kier alpha value is -0.910. The van der Waals surface area contributed by atoms with Crippen LogP contribution < -0.4 is 5.32 Å². The van der Waals surface area contributed by atoms with Crippen molar-refractivity contribution in [2.45, 2.75) is 27.4 Å². The van der Waals surface area contributed by atoms with Gasteiger partial charge >= 0.3 is 0 Å². The summed E-state index contributed by atoms with van der Waals surface area (Å²) in [4.78, 5) is 8.37. The lowest BCUT2D eigenvalue weighted by Gasteiger charge is -2.22. The molecule has 0 bridgehead atoms. The van der Waals surface area contributed by atoms with E-state index >= 15 is 0 Å². The molecule has 0 radical (unpaired) electrons. The maximum atomic E-state index is 9.18. The minimum atomic E-state index is -0.211. The van der Waals surface area contributed by atoms with Crippen molar-refractivity contribution in [1.29, 1.82) is 0 Å². The number of hydrogen-bond donors (Lipinski definition) is 2. The van der Waals surface area contributed by atoms with E-state index in [9.17, 15) is 5.11 Å². The third-order valence-electron chi connectivity index (χ3n) is 2.35. The van der Waals surface area contributed by atoms with Gasteiger partial charge in [-0.2, -0.15) is 0 Å². The van der Waals surface area contributed by atoms with Crippen molar-refractivity contribution in [3.63, 3.8) is 0 Å². The quantitative estimate of drug-likeness (QED) is 0.745. The molecule has 1 rings (SSSR count). The second-order valence-electron chi connectivity index (χ2n) is 4.81. The van der Waals surface area contributed by atoms with Gasteiger partial charge in [0.25, 0.3) is 0 Å². The maximum Gasteiger partial charge on any atom is 0.158 e. The SMILES string of the molecule is CCOCc1nc(Cl)cc(NCC(C)(C)CO)n1. The number of aliphatic hydroxyl groups is 1. The predicted molar refractivity (Wildman–Crippen MR) is 71.7 cm³/mol. The second kappa shape index (κ2) is 6.87. The van der Waals surface area contributed by atoms with E-state index in [0.717, 1.165) is 0 Å². The number of halogens is 1. The Labute approximate surface area is 113 Å². The average Bonchev–Trinajstić information content (AvgIpc) is 2.33. The van der Waals surface area contributed by atoms with Crippen molar-refractivity contribution in [3.05, 3.63) is 17.0 Å². The fourth-order valence-corrected chi connectivity index (χ4v) is 1.40. The molecular formula is C12H20ClN3O2. The number of hydrogen-bond acceptors (Lipinski definition) is 5. The zero-order valence-electron chi connectivity index (χ0n) is 11.0. The van der Waals surface area contributed by atoms with Gasteiger partial charge in [-0.3, -0.25) is 0 Å². The topological polar surface area (TPSA) is 67.3 Å². The fraction of sp³-hybridized carbons (Fsp3) is 0.667. The van der Waals surface area contributed by atoms with Crippen LogP contribution in [0.4, 0.5) is 5.82 Å². The number of anilines is 1. The van der Waals surface area contributed by atoms with Crippen LogP contribution in [0, 0.1) is 5.41 Å². The van der Waals surface area contributed by atoms with E-state index in [2.05, 4.69) is 15.3 Å². The van der Waals surface area contributed by atoms with E-state index in [4.69, 9.17) is 16.3 Å². The van der Waals surface area contributed by atoms with Gasteiger partial charge in [0, 0.05) is 31.2 Å². The zero-order chi connectivity index (χ0) is 13.6. The molecule has 0 amide bonds. The maximum absolute atomic E-state index is 9.18. The van der Waals surface area contributed by atoms with Gasteiger partial charge in [0.1, 0.15) is 17.6 Å². The van der Waals surface area contributed by atoms with Crippen LogP contribution in [0.25, 0.3) is 0 Å². The molecule has 0 aliphatic heterocycles. The lowest BCUT2D eigenvalue weighted by Crippen LogP contribution is -2.27. The molecule has 0 aromatic carbocycles. The highest BCUT2D eigenvalue weighted by Crippen LogP contribution is 2.17. The third-order valence-corrected chi connectivity index (χ3v) is 2.55. The first kappa shape index (κ1) is 15.1. The largest absolute Gasteiger partial charge is 0.396 e. The molecule has 0 aliphatic rings. The van der Waals surface area contributed by atoms with Gasteiger partial charge in [0.05, 0.1) is 0 Å². The van der Waals surface area contributed by atoms with Crippen LogP contribution in [-0.2, 0) is 11.3 Å². The number of ether oxygens (including phenoxy) is 1. The summed E-state index contributed by atoms with van der Waals surface area (Å²) in [7, 11) is 0. The van der Waals surface area contributed by atoms with Gasteiger partial charge in [-0.05, 0) is 6.92 Å². The standard InChI is InChI=1S/C12H20ClN3O2/c1-4-18-6-11-15-9(13)5-10(16-11)14-7-12(2,3)8-17/h5,17H,4,6-8H2,1-3H3,(H,14,15,16). The number of nitrogens with zero attached hydrogens (tertiary/aromatic N) is 2. The van der Waals surface area contributed by atoms with Crippen LogP contribution in [0.3, 0.4) is 0 Å². The van der Waals surface area contributed by atoms with Gasteiger partial charge in [0.2, 0.25) is 0 Å². The van der Waals surface area contributed by atoms with Crippen LogP contribution in [0.5, 0.6) is 0 Å². The highest BCUT2D eigenvalue weighted by atomic mass is 35.5. The molecule has 18 heavy (non-hydrogen) atoms. The van der Waals surface area contributed by atoms with Crippen LogP contribution >= 0.6 is 11.6 Å². The van der Waals surface area contributed by atoms with Crippen LogP contribution in [0.1, 0.15) is 26.6 Å². The van der Waals surface area contributed by atoms with Crippen molar-refractivity contribution in [2.24, 2.45) is 5.41 Å². The molecule has 1 aromatic rings. The van der Waals surface area contributed by atoms with E-state index in [-0.39, 0.29) is 12.0 Å². The molecule has 0 saturated carbocycles. The smallest absolute Gasteiger partial charge is 0.158 e. The summed E-state index contributed by atoms with van der Waals surface area (Å²) >= 11 is 5.92. The predicted octanol–water partition coefficient (Wildman–Crippen LogP) is 2.10. The van der Waals surface area contributed by atoms with Crippen molar-refractivity contribution < 1.29 is 9.84 Å². The highest BCUT2D eigenvalue weighted by molar-refractivity contribution is 6.29. The molecule has 0 spiro atoms. The molecule has 0 unspecified atom stereocenters. The first-order valence-electron chi connectivity index (χ1n) is 5.93. The molecule has 5 nitrogen and oxygen atoms in total. The molecule has 102 valence electrons. The van der Waals surface area contributed by atoms with Crippen LogP contribution in [0.15, 0.2) is 6.07 Å². The van der Waals surface area contributed by atoms with Gasteiger partial charge in [0.15, 0.2) is 5.82 Å². The first-order valence-corrected chi connectivity index (χ1v) is 6.30. The molecule has 0 aliphatic carbocycles. The summed E-state index contributed by atoms with van der Waals surface area (Å²) in [6.45, 7) is 7.49. The third kappa shape index (κ3) is 5.16. The van der Waals surface area contributed by atoms with Crippen molar-refractivity contribution in [3.8, 4) is 0 Å². The zero-order valence-corrected chi connectivity index (χ0v) is 11.8. The Morgan fingerprint density at radius 2 is 2.17 bits per heavy atom. The van der Waals surface area contributed by atoms with E-state index in [1.165, 1.54) is 0 Å². The van der Waals surface area contributed by atoms with E-state index < -0.39 is 0 Å². The van der Waals surface area contributed by atoms with Crippen LogP contribution in [0.2, 0.25) is 5.15 Å². The molecule has 0 saturated heterocycles. The lowest BCUT2D eigenvalue weighted by atomic mass is 9.95. The summed E-state index contributed by atoms with van der Waals surface area (Å²) in [6.07, 6.45) is 0. The lowest BCUT2D eigenvalue weighted by molar-refractivity contribution is 0.128. The molecule has 6 heteroatoms. The van der Waals surface area contributed by atoms with Crippen molar-refractivity contribution in [1.82, 2.24) is 9.97 Å². The Balaban J connectivity index is 2.68. The molecular weight excluding hydrogens is 254 g/mol. The van der Waals surface area contributed by atoms with E-state index in [1.54, 1.807) is 6.07 Å². The summed E-state index contributed by atoms with van der Waals surface area (Å²) in [6, 6.07) is 1.66. The normalized spacial score (nSPS) is 11.6. The van der Waals surface area contributed by atoms with Gasteiger partial charge in [-0.15, -0.1) is 0 Å². The molecule has 1 heterocycles. The summed E-state index contributed by atoms with van der Waals surface area (Å²) in [5.74, 6) is 1.19. The van der Waals surface area contributed by atoms with Gasteiger partial charge in [-0.1, -0.05) is 25.4 Å². The number of aromatic nitrogens is 2. The second-order valence-corrected chi connectivity index (χ2v) is 5.19. The highest BCUT2D eigenvalue weighted by Gasteiger charge is 2.16. The Bertz CT molecular complexity index is 386. The Kier molecular flexibility index (Phi) is 5.78. The Morgan fingerprint density at radius 3 is 2.78 bits per heavy atom. The average molecular weight is 274 g/mol. The van der Waals surface area contributed by atoms with Crippen molar-refractivity contribution >= 4 is 17.4 Å². The van der Waals surface area contributed by atoms with Crippen molar-refractivity contribution in [2.75, 3.05) is 25.1 Å². The summed E-state index contributed by atoms with van der Waals surface area (Å²) in [5.41, 5.74) is -0.211. The molecule has 0 fully saturated rings. The number of aliphatic hydroxyl groups excluding tert-OH is 1.